The van der Waals surface area contributed by atoms with E-state index in [0.29, 0.717) is 11.5 Å². The highest BCUT2D eigenvalue weighted by Crippen LogP contribution is 2.30. The molecule has 0 saturated carbocycles. The SMILES string of the molecule is COc1ccc(C(O)C(C)NCCN(C)C)cc1OC. The fourth-order valence-electron chi connectivity index (χ4n) is 1.95. The van der Waals surface area contributed by atoms with Crippen molar-refractivity contribution in [3.63, 3.8) is 0 Å². The zero-order chi connectivity index (χ0) is 15.1. The number of rotatable bonds is 8. The number of hydrogen-bond donors (Lipinski definition) is 2. The third-order valence-electron chi connectivity index (χ3n) is 3.25. The molecule has 114 valence electrons. The Morgan fingerprint density at radius 1 is 1.20 bits per heavy atom. The van der Waals surface area contributed by atoms with Crippen LogP contribution in [0.4, 0.5) is 0 Å². The van der Waals surface area contributed by atoms with E-state index < -0.39 is 6.10 Å². The molecular formula is C15H26N2O3. The molecule has 5 nitrogen and oxygen atoms in total. The van der Waals surface area contributed by atoms with E-state index in [2.05, 4.69) is 10.2 Å². The summed E-state index contributed by atoms with van der Waals surface area (Å²) in [5, 5.41) is 13.7. The molecule has 0 amide bonds. The fraction of sp³-hybridized carbons (Fsp3) is 0.600. The number of hydrogen-bond acceptors (Lipinski definition) is 5. The second kappa shape index (κ2) is 8.09. The number of ether oxygens (including phenoxy) is 2. The van der Waals surface area contributed by atoms with Crippen LogP contribution in [0.1, 0.15) is 18.6 Å². The van der Waals surface area contributed by atoms with Crippen molar-refractivity contribution in [1.82, 2.24) is 10.2 Å². The first-order valence-corrected chi connectivity index (χ1v) is 6.77. The van der Waals surface area contributed by atoms with Gasteiger partial charge in [0, 0.05) is 19.1 Å². The van der Waals surface area contributed by atoms with Crippen molar-refractivity contribution < 1.29 is 14.6 Å². The molecule has 0 aromatic heterocycles. The fourth-order valence-corrected chi connectivity index (χ4v) is 1.95. The lowest BCUT2D eigenvalue weighted by Gasteiger charge is -2.22. The molecule has 0 radical (unpaired) electrons. The van der Waals surface area contributed by atoms with E-state index in [0.717, 1.165) is 18.7 Å². The summed E-state index contributed by atoms with van der Waals surface area (Å²) in [6.45, 7) is 3.73. The maximum absolute atomic E-state index is 10.4. The predicted molar refractivity (Wildman–Crippen MR) is 80.5 cm³/mol. The zero-order valence-electron chi connectivity index (χ0n) is 13.0. The number of nitrogens with one attached hydrogen (secondary N) is 1. The van der Waals surface area contributed by atoms with Crippen molar-refractivity contribution in [2.45, 2.75) is 19.1 Å². The maximum Gasteiger partial charge on any atom is 0.161 e. The Morgan fingerprint density at radius 3 is 2.40 bits per heavy atom. The Balaban J connectivity index is 2.68. The van der Waals surface area contributed by atoms with Crippen LogP contribution >= 0.6 is 0 Å². The molecule has 2 atom stereocenters. The molecule has 2 N–H and O–H groups in total. The van der Waals surface area contributed by atoms with E-state index in [1.54, 1.807) is 14.2 Å². The first kappa shape index (κ1) is 16.8. The standard InChI is InChI=1S/C15H26N2O3/c1-11(16-8-9-17(2)3)15(18)12-6-7-13(19-4)14(10-12)20-5/h6-7,10-11,15-16,18H,8-9H2,1-5H3. The van der Waals surface area contributed by atoms with Crippen molar-refractivity contribution in [1.29, 1.82) is 0 Å². The van der Waals surface area contributed by atoms with Crippen molar-refractivity contribution in [3.8, 4) is 11.5 Å². The Kier molecular flexibility index (Phi) is 6.78. The highest BCUT2D eigenvalue weighted by atomic mass is 16.5. The van der Waals surface area contributed by atoms with Crippen LogP contribution in [-0.2, 0) is 0 Å². The van der Waals surface area contributed by atoms with Gasteiger partial charge in [0.25, 0.3) is 0 Å². The van der Waals surface area contributed by atoms with Gasteiger partial charge in [0.2, 0.25) is 0 Å². The average Bonchev–Trinajstić information content (AvgIpc) is 2.45. The Morgan fingerprint density at radius 2 is 1.85 bits per heavy atom. The largest absolute Gasteiger partial charge is 0.493 e. The van der Waals surface area contributed by atoms with Crippen molar-refractivity contribution in [2.24, 2.45) is 0 Å². The summed E-state index contributed by atoms with van der Waals surface area (Å²) in [5.41, 5.74) is 0.813. The van der Waals surface area contributed by atoms with Crippen LogP contribution in [0.5, 0.6) is 11.5 Å². The van der Waals surface area contributed by atoms with Crippen molar-refractivity contribution >= 4 is 0 Å². The van der Waals surface area contributed by atoms with E-state index in [1.165, 1.54) is 0 Å². The third kappa shape index (κ3) is 4.67. The minimum Gasteiger partial charge on any atom is -0.493 e. The molecule has 0 aliphatic carbocycles. The number of aliphatic hydroxyl groups is 1. The molecule has 20 heavy (non-hydrogen) atoms. The highest BCUT2D eigenvalue weighted by Gasteiger charge is 2.17. The second-order valence-corrected chi connectivity index (χ2v) is 5.11. The monoisotopic (exact) mass is 282 g/mol. The average molecular weight is 282 g/mol. The van der Waals surface area contributed by atoms with Gasteiger partial charge in [0.1, 0.15) is 0 Å². The number of aliphatic hydroxyl groups excluding tert-OH is 1. The first-order chi connectivity index (χ1) is 9.49. The quantitative estimate of drug-likeness (QED) is 0.752. The van der Waals surface area contributed by atoms with Gasteiger partial charge in [-0.25, -0.2) is 0 Å². The van der Waals surface area contributed by atoms with Gasteiger partial charge in [-0.15, -0.1) is 0 Å². The van der Waals surface area contributed by atoms with Crippen LogP contribution < -0.4 is 14.8 Å². The van der Waals surface area contributed by atoms with Gasteiger partial charge in [-0.3, -0.25) is 0 Å². The van der Waals surface area contributed by atoms with Crippen molar-refractivity contribution in [2.75, 3.05) is 41.4 Å². The molecule has 0 aliphatic rings. The Bertz CT molecular complexity index is 410. The van der Waals surface area contributed by atoms with Crippen LogP contribution in [0.3, 0.4) is 0 Å². The van der Waals surface area contributed by atoms with Gasteiger partial charge in [0.05, 0.1) is 20.3 Å². The van der Waals surface area contributed by atoms with Crippen LogP contribution in [-0.4, -0.2) is 57.5 Å². The first-order valence-electron chi connectivity index (χ1n) is 6.77. The van der Waals surface area contributed by atoms with Gasteiger partial charge >= 0.3 is 0 Å². The smallest absolute Gasteiger partial charge is 0.161 e. The maximum atomic E-state index is 10.4. The van der Waals surface area contributed by atoms with E-state index in [4.69, 9.17) is 9.47 Å². The number of benzene rings is 1. The zero-order valence-corrected chi connectivity index (χ0v) is 13.0. The molecule has 0 spiro atoms. The Hall–Kier alpha value is -1.30. The third-order valence-corrected chi connectivity index (χ3v) is 3.25. The summed E-state index contributed by atoms with van der Waals surface area (Å²) in [5.74, 6) is 1.29. The number of nitrogens with zero attached hydrogens (tertiary/aromatic N) is 1. The summed E-state index contributed by atoms with van der Waals surface area (Å²) >= 11 is 0. The van der Waals surface area contributed by atoms with Gasteiger partial charge in [-0.05, 0) is 38.7 Å². The number of methoxy groups -OCH3 is 2. The summed E-state index contributed by atoms with van der Waals surface area (Å²) in [7, 11) is 7.24. The van der Waals surface area contributed by atoms with E-state index >= 15 is 0 Å². The summed E-state index contributed by atoms with van der Waals surface area (Å²) in [6, 6.07) is 5.45. The normalized spacial score (nSPS) is 14.2. The van der Waals surface area contributed by atoms with Crippen LogP contribution in [0.2, 0.25) is 0 Å². The highest BCUT2D eigenvalue weighted by molar-refractivity contribution is 5.43. The van der Waals surface area contributed by atoms with Crippen LogP contribution in [0.25, 0.3) is 0 Å². The van der Waals surface area contributed by atoms with Crippen LogP contribution in [0.15, 0.2) is 18.2 Å². The lowest BCUT2D eigenvalue weighted by Crippen LogP contribution is -2.36. The second-order valence-electron chi connectivity index (χ2n) is 5.11. The summed E-state index contributed by atoms with van der Waals surface area (Å²) in [6.07, 6.45) is -0.586. The van der Waals surface area contributed by atoms with E-state index in [9.17, 15) is 5.11 Å². The molecule has 1 rings (SSSR count). The summed E-state index contributed by atoms with van der Waals surface area (Å²) in [4.78, 5) is 2.10. The summed E-state index contributed by atoms with van der Waals surface area (Å²) < 4.78 is 10.5. The topological polar surface area (TPSA) is 54.0 Å². The van der Waals surface area contributed by atoms with Gasteiger partial charge < -0.3 is 24.8 Å². The molecule has 0 fully saturated rings. The lowest BCUT2D eigenvalue weighted by molar-refractivity contribution is 0.134. The van der Waals surface area contributed by atoms with E-state index in [-0.39, 0.29) is 6.04 Å². The van der Waals surface area contributed by atoms with Gasteiger partial charge in [-0.1, -0.05) is 6.07 Å². The molecule has 0 aliphatic heterocycles. The minimum absolute atomic E-state index is 0.0342. The molecule has 0 saturated heterocycles. The van der Waals surface area contributed by atoms with Crippen molar-refractivity contribution in [3.05, 3.63) is 23.8 Å². The molecule has 5 heteroatoms. The van der Waals surface area contributed by atoms with Gasteiger partial charge in [-0.2, -0.15) is 0 Å². The molecule has 1 aromatic rings. The number of likely N-dealkylation sites (N-methyl/N-ethyl adjacent to an activating group) is 1. The van der Waals surface area contributed by atoms with Gasteiger partial charge in [0.15, 0.2) is 11.5 Å². The minimum atomic E-state index is -0.586. The molecule has 0 heterocycles. The molecule has 1 aromatic carbocycles. The molecule has 0 bridgehead atoms. The Labute approximate surface area is 121 Å². The van der Waals surface area contributed by atoms with Crippen LogP contribution in [0, 0.1) is 0 Å². The van der Waals surface area contributed by atoms with E-state index in [1.807, 2.05) is 39.2 Å². The lowest BCUT2D eigenvalue weighted by atomic mass is 10.0. The predicted octanol–water partition coefficient (Wildman–Crippen LogP) is 1.28. The molecular weight excluding hydrogens is 256 g/mol. The molecule has 2 unspecified atom stereocenters.